The number of carbonyl (C=O) groups is 2. The Hall–Kier alpha value is -2.82. The number of nitrogens with two attached hydrogens (primary N) is 1. The van der Waals surface area contributed by atoms with Gasteiger partial charge in [-0.15, -0.1) is 0 Å². The van der Waals surface area contributed by atoms with E-state index in [4.69, 9.17) is 5.73 Å². The summed E-state index contributed by atoms with van der Waals surface area (Å²) in [6.45, 7) is 1.87. The van der Waals surface area contributed by atoms with E-state index in [1.165, 1.54) is 7.11 Å². The molecule has 3 N–H and O–H groups in total. The van der Waals surface area contributed by atoms with Crippen LogP contribution >= 0.6 is 0 Å². The number of esters is 1. The molecule has 2 rings (SSSR count). The van der Waals surface area contributed by atoms with Gasteiger partial charge in [0.25, 0.3) is 5.91 Å². The highest BCUT2D eigenvalue weighted by Crippen LogP contribution is 2.17. The number of carbonyl (C=O) groups excluding carboxylic acids is 2. The van der Waals surface area contributed by atoms with Crippen LogP contribution in [0.3, 0.4) is 0 Å². The topological polar surface area (TPSA) is 81.4 Å². The van der Waals surface area contributed by atoms with Gasteiger partial charge in [-0.1, -0.05) is 0 Å². The zero-order valence-electron chi connectivity index (χ0n) is 11.8. The van der Waals surface area contributed by atoms with Crippen molar-refractivity contribution in [2.24, 2.45) is 0 Å². The second-order valence-electron chi connectivity index (χ2n) is 4.59. The lowest BCUT2D eigenvalue weighted by Gasteiger charge is -2.08. The first-order valence-electron chi connectivity index (χ1n) is 6.37. The van der Waals surface area contributed by atoms with E-state index in [0.717, 1.165) is 5.56 Å². The van der Waals surface area contributed by atoms with Crippen molar-refractivity contribution in [3.05, 3.63) is 59.2 Å². The first-order chi connectivity index (χ1) is 10.0. The van der Waals surface area contributed by atoms with Gasteiger partial charge < -0.3 is 15.8 Å². The molecule has 108 valence electrons. The molecular formula is C16H16N2O3. The lowest BCUT2D eigenvalue weighted by molar-refractivity contribution is 0.0600. The second kappa shape index (κ2) is 6.09. The summed E-state index contributed by atoms with van der Waals surface area (Å²) >= 11 is 0. The molecule has 5 nitrogen and oxygen atoms in total. The highest BCUT2D eigenvalue weighted by Gasteiger charge is 2.09. The van der Waals surface area contributed by atoms with Crippen molar-refractivity contribution in [3.8, 4) is 0 Å². The lowest BCUT2D eigenvalue weighted by Crippen LogP contribution is -2.12. The quantitative estimate of drug-likeness (QED) is 0.670. The van der Waals surface area contributed by atoms with E-state index in [1.54, 1.807) is 42.5 Å². The van der Waals surface area contributed by atoms with Crippen LogP contribution in [0.2, 0.25) is 0 Å². The van der Waals surface area contributed by atoms with Crippen LogP contribution in [0, 0.1) is 6.92 Å². The molecule has 0 atom stereocenters. The smallest absolute Gasteiger partial charge is 0.337 e. The Balaban J connectivity index is 2.13. The van der Waals surface area contributed by atoms with Crippen LogP contribution in [-0.4, -0.2) is 19.0 Å². The average molecular weight is 284 g/mol. The first kappa shape index (κ1) is 14.6. The molecular weight excluding hydrogens is 268 g/mol. The third-order valence-electron chi connectivity index (χ3n) is 3.10. The third kappa shape index (κ3) is 3.39. The molecule has 0 spiro atoms. The number of nitrogens with one attached hydrogen (secondary N) is 1. The predicted octanol–water partition coefficient (Wildman–Crippen LogP) is 2.62. The van der Waals surface area contributed by atoms with Crippen molar-refractivity contribution in [2.75, 3.05) is 18.2 Å². The average Bonchev–Trinajstić information content (AvgIpc) is 2.50. The maximum Gasteiger partial charge on any atom is 0.337 e. The van der Waals surface area contributed by atoms with E-state index < -0.39 is 5.97 Å². The van der Waals surface area contributed by atoms with E-state index in [2.05, 4.69) is 10.1 Å². The number of nitrogen functional groups attached to an aromatic ring is 1. The number of hydrogen-bond acceptors (Lipinski definition) is 4. The number of methoxy groups -OCH3 is 1. The molecule has 2 aromatic carbocycles. The van der Waals surface area contributed by atoms with Crippen LogP contribution in [0.25, 0.3) is 0 Å². The summed E-state index contributed by atoms with van der Waals surface area (Å²) in [5.74, 6) is -0.688. The fourth-order valence-electron chi connectivity index (χ4n) is 1.83. The number of benzene rings is 2. The van der Waals surface area contributed by atoms with Crippen LogP contribution in [0.4, 0.5) is 11.4 Å². The molecule has 5 heteroatoms. The van der Waals surface area contributed by atoms with E-state index in [9.17, 15) is 9.59 Å². The van der Waals surface area contributed by atoms with Gasteiger partial charge in [-0.2, -0.15) is 0 Å². The fourth-order valence-corrected chi connectivity index (χ4v) is 1.83. The molecule has 0 aliphatic heterocycles. The number of aryl methyl sites for hydroxylation is 1. The minimum absolute atomic E-state index is 0.254. The number of ether oxygens (including phenoxy) is 1. The highest BCUT2D eigenvalue weighted by atomic mass is 16.5. The molecule has 21 heavy (non-hydrogen) atoms. The van der Waals surface area contributed by atoms with E-state index >= 15 is 0 Å². The van der Waals surface area contributed by atoms with Crippen molar-refractivity contribution in [1.29, 1.82) is 0 Å². The maximum atomic E-state index is 12.1. The van der Waals surface area contributed by atoms with Crippen LogP contribution in [0.15, 0.2) is 42.5 Å². The molecule has 0 unspecified atom stereocenters. The molecule has 0 aromatic heterocycles. The van der Waals surface area contributed by atoms with Crippen molar-refractivity contribution in [1.82, 2.24) is 0 Å². The summed E-state index contributed by atoms with van der Waals surface area (Å²) < 4.78 is 4.61. The third-order valence-corrected chi connectivity index (χ3v) is 3.10. The van der Waals surface area contributed by atoms with Gasteiger partial charge in [0.2, 0.25) is 0 Å². The minimum atomic E-state index is -0.434. The summed E-state index contributed by atoms with van der Waals surface area (Å²) in [5.41, 5.74) is 8.83. The number of hydrogen-bond donors (Lipinski definition) is 2. The molecule has 0 saturated carbocycles. The van der Waals surface area contributed by atoms with Crippen LogP contribution < -0.4 is 11.1 Å². The van der Waals surface area contributed by atoms with Gasteiger partial charge in [-0.3, -0.25) is 4.79 Å². The number of amides is 1. The first-order valence-corrected chi connectivity index (χ1v) is 6.37. The number of anilines is 2. The van der Waals surface area contributed by atoms with Crippen molar-refractivity contribution < 1.29 is 14.3 Å². The van der Waals surface area contributed by atoms with Crippen LogP contribution in [0.5, 0.6) is 0 Å². The molecule has 0 aliphatic carbocycles. The second-order valence-corrected chi connectivity index (χ2v) is 4.59. The largest absolute Gasteiger partial charge is 0.465 e. The van der Waals surface area contributed by atoms with E-state index in [0.29, 0.717) is 22.5 Å². The van der Waals surface area contributed by atoms with Crippen molar-refractivity contribution in [3.63, 3.8) is 0 Å². The van der Waals surface area contributed by atoms with Gasteiger partial charge in [0.05, 0.1) is 12.7 Å². The SMILES string of the molecule is COC(=O)c1ccc(C(=O)Nc2ccc(N)c(C)c2)cc1. The Morgan fingerprint density at radius 3 is 2.24 bits per heavy atom. The zero-order valence-corrected chi connectivity index (χ0v) is 11.8. The Kier molecular flexibility index (Phi) is 4.23. The van der Waals surface area contributed by atoms with E-state index in [-0.39, 0.29) is 5.91 Å². The molecule has 0 heterocycles. The van der Waals surface area contributed by atoms with Crippen molar-refractivity contribution in [2.45, 2.75) is 6.92 Å². The minimum Gasteiger partial charge on any atom is -0.465 e. The van der Waals surface area contributed by atoms with Crippen LogP contribution in [0.1, 0.15) is 26.3 Å². The standard InChI is InChI=1S/C16H16N2O3/c1-10-9-13(7-8-14(10)17)18-15(19)11-3-5-12(6-4-11)16(20)21-2/h3-9H,17H2,1-2H3,(H,18,19). The molecule has 0 aliphatic rings. The normalized spacial score (nSPS) is 10.0. The molecule has 0 fully saturated rings. The van der Waals surface area contributed by atoms with Gasteiger partial charge in [0, 0.05) is 16.9 Å². The van der Waals surface area contributed by atoms with Crippen LogP contribution in [-0.2, 0) is 4.74 Å². The summed E-state index contributed by atoms with van der Waals surface area (Å²) in [4.78, 5) is 23.4. The zero-order chi connectivity index (χ0) is 15.4. The Bertz CT molecular complexity index is 678. The van der Waals surface area contributed by atoms with Gasteiger partial charge in [-0.05, 0) is 55.0 Å². The summed E-state index contributed by atoms with van der Waals surface area (Å²) in [6, 6.07) is 11.5. The molecule has 0 saturated heterocycles. The molecule has 1 amide bonds. The number of rotatable bonds is 3. The Morgan fingerprint density at radius 2 is 1.67 bits per heavy atom. The van der Waals surface area contributed by atoms with Gasteiger partial charge in [0.1, 0.15) is 0 Å². The summed E-state index contributed by atoms with van der Waals surface area (Å²) in [7, 11) is 1.31. The molecule has 2 aromatic rings. The van der Waals surface area contributed by atoms with Gasteiger partial charge in [0.15, 0.2) is 0 Å². The van der Waals surface area contributed by atoms with E-state index in [1.807, 2.05) is 6.92 Å². The fraction of sp³-hybridized carbons (Fsp3) is 0.125. The maximum absolute atomic E-state index is 12.1. The summed E-state index contributed by atoms with van der Waals surface area (Å²) in [5, 5.41) is 2.78. The van der Waals surface area contributed by atoms with Crippen molar-refractivity contribution >= 4 is 23.3 Å². The van der Waals surface area contributed by atoms with Gasteiger partial charge in [-0.25, -0.2) is 4.79 Å². The summed E-state index contributed by atoms with van der Waals surface area (Å²) in [6.07, 6.45) is 0. The molecule has 0 radical (unpaired) electrons. The lowest BCUT2D eigenvalue weighted by atomic mass is 10.1. The predicted molar refractivity (Wildman–Crippen MR) is 81.3 cm³/mol. The van der Waals surface area contributed by atoms with Gasteiger partial charge >= 0.3 is 5.97 Å². The Morgan fingerprint density at radius 1 is 1.05 bits per heavy atom. The molecule has 0 bridgehead atoms. The monoisotopic (exact) mass is 284 g/mol. The highest BCUT2D eigenvalue weighted by molar-refractivity contribution is 6.05. The Labute approximate surface area is 122 Å².